The first-order chi connectivity index (χ1) is 17.9. The number of nitrogens with two attached hydrogens (primary N) is 1. The molecule has 10 nitrogen and oxygen atoms in total. The first kappa shape index (κ1) is 27.0. The maximum atomic E-state index is 12.4. The number of nitriles is 2. The number of rotatable bonds is 10. The van der Waals surface area contributed by atoms with Gasteiger partial charge in [-0.3, -0.25) is 4.79 Å². The fourth-order valence-corrected chi connectivity index (χ4v) is 4.49. The molecule has 11 heteroatoms. The number of nitrogen functional groups attached to an aromatic ring is 1. The summed E-state index contributed by atoms with van der Waals surface area (Å²) in [5.41, 5.74) is 7.72. The lowest BCUT2D eigenvalue weighted by Crippen LogP contribution is -2.12. The van der Waals surface area contributed by atoms with E-state index in [-0.39, 0.29) is 29.3 Å². The Balaban J connectivity index is 1.91. The molecule has 0 saturated heterocycles. The van der Waals surface area contributed by atoms with Crippen LogP contribution in [0, 0.1) is 22.7 Å². The molecule has 0 radical (unpaired) electrons. The van der Waals surface area contributed by atoms with Crippen molar-refractivity contribution in [2.75, 3.05) is 45.2 Å². The molecule has 0 aliphatic heterocycles. The molecule has 3 rings (SSSR count). The molecule has 0 fully saturated rings. The number of aromatic nitrogens is 1. The predicted molar refractivity (Wildman–Crippen MR) is 140 cm³/mol. The summed E-state index contributed by atoms with van der Waals surface area (Å²) < 4.78 is 21.3. The van der Waals surface area contributed by atoms with Crippen LogP contribution in [0.15, 0.2) is 41.4 Å². The number of benzene rings is 2. The van der Waals surface area contributed by atoms with Gasteiger partial charge in [0.15, 0.2) is 11.5 Å². The van der Waals surface area contributed by atoms with Crippen molar-refractivity contribution in [3.05, 3.63) is 47.5 Å². The maximum absolute atomic E-state index is 12.4. The number of ether oxygens (including phenoxy) is 4. The minimum absolute atomic E-state index is 0.0320. The number of nitrogens with zero attached hydrogens (tertiary/aromatic N) is 3. The summed E-state index contributed by atoms with van der Waals surface area (Å²) in [6.07, 6.45) is 0.155. The van der Waals surface area contributed by atoms with E-state index in [4.69, 9.17) is 24.7 Å². The predicted octanol–water partition coefficient (Wildman–Crippen LogP) is 4.23. The van der Waals surface area contributed by atoms with Gasteiger partial charge in [-0.1, -0.05) is 0 Å². The summed E-state index contributed by atoms with van der Waals surface area (Å²) in [6, 6.07) is 14.4. The Morgan fingerprint density at radius 2 is 1.59 bits per heavy atom. The number of anilines is 2. The molecule has 0 unspecified atom stereocenters. The van der Waals surface area contributed by atoms with Crippen LogP contribution in [0.1, 0.15) is 17.5 Å². The zero-order chi connectivity index (χ0) is 26.9. The normalized spacial score (nSPS) is 10.1. The number of hydrogen-bond acceptors (Lipinski definition) is 10. The molecule has 0 spiro atoms. The summed E-state index contributed by atoms with van der Waals surface area (Å²) in [6.45, 7) is 0. The van der Waals surface area contributed by atoms with Crippen LogP contribution in [0.25, 0.3) is 11.1 Å². The van der Waals surface area contributed by atoms with Crippen molar-refractivity contribution in [3.63, 3.8) is 0 Å². The summed E-state index contributed by atoms with van der Waals surface area (Å²) in [5.74, 6) is 1.84. The molecule has 1 heterocycles. The third-order valence-electron chi connectivity index (χ3n) is 5.31. The number of carbonyl (C=O) groups is 1. The second-order valence-electron chi connectivity index (χ2n) is 7.44. The van der Waals surface area contributed by atoms with Gasteiger partial charge in [-0.05, 0) is 42.0 Å². The zero-order valence-corrected chi connectivity index (χ0v) is 21.6. The van der Waals surface area contributed by atoms with Crippen molar-refractivity contribution in [2.45, 2.75) is 11.4 Å². The molecule has 2 aromatic carbocycles. The molecule has 0 saturated carbocycles. The van der Waals surface area contributed by atoms with Crippen LogP contribution in [-0.2, 0) is 4.79 Å². The van der Waals surface area contributed by atoms with E-state index in [1.165, 1.54) is 33.1 Å². The zero-order valence-electron chi connectivity index (χ0n) is 20.7. The quantitative estimate of drug-likeness (QED) is 0.372. The Labute approximate surface area is 218 Å². The van der Waals surface area contributed by atoms with E-state index in [1.54, 1.807) is 43.5 Å². The average molecular weight is 520 g/mol. The second-order valence-corrected chi connectivity index (χ2v) is 8.52. The van der Waals surface area contributed by atoms with Gasteiger partial charge >= 0.3 is 0 Å². The Hall–Kier alpha value is -4.61. The number of methoxy groups -OCH3 is 4. The van der Waals surface area contributed by atoms with Crippen molar-refractivity contribution in [2.24, 2.45) is 0 Å². The van der Waals surface area contributed by atoms with Crippen LogP contribution in [0.4, 0.5) is 11.5 Å². The molecule has 190 valence electrons. The highest BCUT2D eigenvalue weighted by molar-refractivity contribution is 7.99. The molecular weight excluding hydrogens is 494 g/mol. The van der Waals surface area contributed by atoms with Crippen LogP contribution in [0.5, 0.6) is 23.0 Å². The third kappa shape index (κ3) is 5.97. The first-order valence-corrected chi connectivity index (χ1v) is 11.9. The highest BCUT2D eigenvalue weighted by Crippen LogP contribution is 2.44. The second kappa shape index (κ2) is 12.4. The fraction of sp³-hybridized carbons (Fsp3) is 0.231. The van der Waals surface area contributed by atoms with Gasteiger partial charge < -0.3 is 30.0 Å². The number of carbonyl (C=O) groups excluding carboxylic acids is 1. The minimum Gasteiger partial charge on any atom is -0.497 e. The Bertz CT molecular complexity index is 1360. The highest BCUT2D eigenvalue weighted by atomic mass is 32.2. The molecule has 37 heavy (non-hydrogen) atoms. The SMILES string of the molecule is COc1ccc(NC(=O)CCSc2nc(N)c(C#N)c(-c3cc(OC)c(OC)c(OC)c3)c2C#N)cc1. The van der Waals surface area contributed by atoms with Crippen molar-refractivity contribution in [1.82, 2.24) is 4.98 Å². The number of thioether (sulfide) groups is 1. The summed E-state index contributed by atoms with van der Waals surface area (Å²) in [5, 5.41) is 23.0. The standard InChI is InChI=1S/C26H25N5O5S/c1-33-17-7-5-16(6-8-17)30-22(32)9-10-37-26-19(14-28)23(18(13-27)25(29)31-26)15-11-20(34-2)24(36-4)21(12-15)35-3/h5-8,11-12H,9-10H2,1-4H3,(H2,29,31)(H,30,32). The van der Waals surface area contributed by atoms with Gasteiger partial charge in [0.05, 0.1) is 34.0 Å². The summed E-state index contributed by atoms with van der Waals surface area (Å²) in [4.78, 5) is 16.7. The van der Waals surface area contributed by atoms with Gasteiger partial charge in [0.1, 0.15) is 34.3 Å². The van der Waals surface area contributed by atoms with E-state index in [9.17, 15) is 15.3 Å². The lowest BCUT2D eigenvalue weighted by atomic mass is 9.96. The van der Waals surface area contributed by atoms with Crippen molar-refractivity contribution in [3.8, 4) is 46.3 Å². The smallest absolute Gasteiger partial charge is 0.225 e. The molecule has 0 atom stereocenters. The van der Waals surface area contributed by atoms with E-state index in [2.05, 4.69) is 16.4 Å². The average Bonchev–Trinajstić information content (AvgIpc) is 2.92. The molecule has 1 aromatic heterocycles. The van der Waals surface area contributed by atoms with Gasteiger partial charge in [0.25, 0.3) is 0 Å². The summed E-state index contributed by atoms with van der Waals surface area (Å²) >= 11 is 1.20. The topological polar surface area (TPSA) is 153 Å². The molecule has 3 N–H and O–H groups in total. The molecule has 3 aromatic rings. The van der Waals surface area contributed by atoms with Gasteiger partial charge in [0.2, 0.25) is 11.7 Å². The molecule has 0 bridgehead atoms. The van der Waals surface area contributed by atoms with Gasteiger partial charge in [-0.15, -0.1) is 11.8 Å². The van der Waals surface area contributed by atoms with Gasteiger partial charge in [0, 0.05) is 23.4 Å². The number of hydrogen-bond donors (Lipinski definition) is 2. The lowest BCUT2D eigenvalue weighted by molar-refractivity contribution is -0.115. The number of amides is 1. The summed E-state index contributed by atoms with van der Waals surface area (Å²) in [7, 11) is 5.98. The van der Waals surface area contributed by atoms with E-state index in [0.29, 0.717) is 50.6 Å². The Morgan fingerprint density at radius 3 is 2.11 bits per heavy atom. The minimum atomic E-state index is -0.206. The van der Waals surface area contributed by atoms with Crippen LogP contribution in [0.2, 0.25) is 0 Å². The molecule has 0 aliphatic rings. The third-order valence-corrected chi connectivity index (χ3v) is 6.29. The number of nitrogens with one attached hydrogen (secondary N) is 1. The van der Waals surface area contributed by atoms with Crippen LogP contribution in [-0.4, -0.2) is 45.1 Å². The van der Waals surface area contributed by atoms with Crippen molar-refractivity contribution in [1.29, 1.82) is 10.5 Å². The molecule has 1 amide bonds. The molecule has 0 aliphatic carbocycles. The Morgan fingerprint density at radius 1 is 0.973 bits per heavy atom. The molecular formula is C26H25N5O5S. The Kier molecular flexibility index (Phi) is 9.03. The van der Waals surface area contributed by atoms with E-state index in [0.717, 1.165) is 0 Å². The van der Waals surface area contributed by atoms with Crippen molar-refractivity contribution >= 4 is 29.2 Å². The van der Waals surface area contributed by atoms with E-state index < -0.39 is 0 Å². The number of pyridine rings is 1. The van der Waals surface area contributed by atoms with Gasteiger partial charge in [-0.25, -0.2) is 4.98 Å². The van der Waals surface area contributed by atoms with Crippen LogP contribution in [0.3, 0.4) is 0 Å². The fourth-order valence-electron chi connectivity index (χ4n) is 3.55. The maximum Gasteiger partial charge on any atom is 0.225 e. The highest BCUT2D eigenvalue weighted by Gasteiger charge is 2.23. The van der Waals surface area contributed by atoms with E-state index in [1.807, 2.05) is 6.07 Å². The van der Waals surface area contributed by atoms with Crippen LogP contribution >= 0.6 is 11.8 Å². The van der Waals surface area contributed by atoms with Gasteiger partial charge in [-0.2, -0.15) is 10.5 Å². The first-order valence-electron chi connectivity index (χ1n) is 10.9. The van der Waals surface area contributed by atoms with Crippen LogP contribution < -0.4 is 30.0 Å². The van der Waals surface area contributed by atoms with Crippen molar-refractivity contribution < 1.29 is 23.7 Å². The largest absolute Gasteiger partial charge is 0.497 e. The lowest BCUT2D eigenvalue weighted by Gasteiger charge is -2.17. The monoisotopic (exact) mass is 519 g/mol. The van der Waals surface area contributed by atoms with E-state index >= 15 is 0 Å².